The van der Waals surface area contributed by atoms with Gasteiger partial charge in [-0.1, -0.05) is 49.4 Å². The number of ether oxygens (including phenoxy) is 2. The fraction of sp³-hybridized carbons (Fsp3) is 0.312. The van der Waals surface area contributed by atoms with E-state index in [4.69, 9.17) is 9.47 Å². The molecular formula is C32H33FN4O6. The Kier molecular flexibility index (Phi) is 8.89. The number of rotatable bonds is 10. The van der Waals surface area contributed by atoms with Crippen LogP contribution in [0.1, 0.15) is 42.9 Å². The fourth-order valence-electron chi connectivity index (χ4n) is 5.38. The van der Waals surface area contributed by atoms with E-state index in [1.807, 2.05) is 6.07 Å². The first kappa shape index (κ1) is 29.6. The van der Waals surface area contributed by atoms with Crippen molar-refractivity contribution in [2.45, 2.75) is 37.8 Å². The first-order valence-electron chi connectivity index (χ1n) is 14.1. The molecule has 5 rings (SSSR count). The second-order valence-corrected chi connectivity index (χ2v) is 10.5. The lowest BCUT2D eigenvalue weighted by Crippen LogP contribution is -2.50. The van der Waals surface area contributed by atoms with Crippen LogP contribution in [0.25, 0.3) is 0 Å². The average molecular weight is 589 g/mol. The molecule has 43 heavy (non-hydrogen) atoms. The summed E-state index contributed by atoms with van der Waals surface area (Å²) < 4.78 is 25.4. The number of hydrogen-bond acceptors (Lipinski definition) is 6. The third-order valence-electron chi connectivity index (χ3n) is 7.79. The van der Waals surface area contributed by atoms with Crippen molar-refractivity contribution < 1.29 is 33.0 Å². The zero-order valence-electron chi connectivity index (χ0n) is 23.9. The number of imide groups is 1. The van der Waals surface area contributed by atoms with Crippen LogP contribution < -0.4 is 20.1 Å². The van der Waals surface area contributed by atoms with Crippen LogP contribution in [0.15, 0.2) is 72.8 Å². The van der Waals surface area contributed by atoms with Crippen LogP contribution in [0.5, 0.6) is 11.5 Å². The van der Waals surface area contributed by atoms with Gasteiger partial charge in [0.2, 0.25) is 5.91 Å². The number of urea groups is 1. The highest BCUT2D eigenvalue weighted by Gasteiger charge is 2.47. The Hall–Kier alpha value is -4.93. The second-order valence-electron chi connectivity index (χ2n) is 10.5. The molecule has 3 atom stereocenters. The second kappa shape index (κ2) is 12.9. The summed E-state index contributed by atoms with van der Waals surface area (Å²) in [7, 11) is 1.40. The molecule has 0 aliphatic carbocycles. The molecule has 2 aliphatic rings. The molecule has 0 saturated carbocycles. The molecule has 2 heterocycles. The highest BCUT2D eigenvalue weighted by molar-refractivity contribution is 6.10. The maximum atomic E-state index is 14.7. The molecule has 3 aromatic carbocycles. The predicted octanol–water partition coefficient (Wildman–Crippen LogP) is 4.24. The highest BCUT2D eigenvalue weighted by Crippen LogP contribution is 2.32. The molecule has 2 fully saturated rings. The molecule has 11 heteroatoms. The van der Waals surface area contributed by atoms with Crippen LogP contribution in [0.2, 0.25) is 0 Å². The number of benzene rings is 3. The van der Waals surface area contributed by atoms with Gasteiger partial charge < -0.3 is 25.0 Å². The molecule has 0 radical (unpaired) electrons. The van der Waals surface area contributed by atoms with Gasteiger partial charge in [-0.3, -0.25) is 14.4 Å². The molecule has 2 N–H and O–H groups in total. The summed E-state index contributed by atoms with van der Waals surface area (Å²) in [4.78, 5) is 55.7. The lowest BCUT2D eigenvalue weighted by Gasteiger charge is -2.30. The first-order chi connectivity index (χ1) is 20.8. The normalized spacial score (nSPS) is 17.8. The van der Waals surface area contributed by atoms with E-state index in [0.717, 1.165) is 36.9 Å². The molecule has 1 unspecified atom stereocenters. The zero-order valence-corrected chi connectivity index (χ0v) is 23.9. The molecule has 0 bridgehead atoms. The van der Waals surface area contributed by atoms with E-state index in [0.29, 0.717) is 16.9 Å². The number of anilines is 1. The van der Waals surface area contributed by atoms with E-state index in [-0.39, 0.29) is 24.0 Å². The van der Waals surface area contributed by atoms with Crippen molar-refractivity contribution in [3.8, 4) is 11.5 Å². The van der Waals surface area contributed by atoms with Crippen LogP contribution >= 0.6 is 0 Å². The van der Waals surface area contributed by atoms with E-state index < -0.39 is 41.7 Å². The van der Waals surface area contributed by atoms with Gasteiger partial charge in [0.25, 0.3) is 11.8 Å². The highest BCUT2D eigenvalue weighted by atomic mass is 19.1. The quantitative estimate of drug-likeness (QED) is 0.342. The standard InChI is InChI=1S/C32H33FN4O6/c1-20(21-8-4-3-5-9-21)29(30(39)34-26-15-14-24(42-2)18-25(26)33)37-31(40)28(35-32(37)41)22-10-12-23(13-11-22)43-19-27(38)36-16-6-7-17-36/h3-5,8-15,18,20,28-29H,6-7,16-17,19H2,1-2H3,(H,34,39)(H,35,41)/t20?,28-,29+/m1/s1. The fourth-order valence-corrected chi connectivity index (χ4v) is 5.38. The Morgan fingerprint density at radius 2 is 1.67 bits per heavy atom. The minimum absolute atomic E-state index is 0.0816. The van der Waals surface area contributed by atoms with Crippen molar-refractivity contribution in [2.75, 3.05) is 32.1 Å². The Balaban J connectivity index is 1.35. The SMILES string of the molecule is COc1ccc(NC(=O)[C@H](C(C)c2ccccc2)N2C(=O)N[C@H](c3ccc(OCC(=O)N4CCCC4)cc3)C2=O)c(F)c1. The third-order valence-corrected chi connectivity index (χ3v) is 7.79. The monoisotopic (exact) mass is 588 g/mol. The Bertz CT molecular complexity index is 1490. The number of carbonyl (C=O) groups excluding carboxylic acids is 4. The van der Waals surface area contributed by atoms with Gasteiger partial charge >= 0.3 is 6.03 Å². The van der Waals surface area contributed by atoms with Crippen molar-refractivity contribution in [3.05, 3.63) is 89.7 Å². The minimum atomic E-state index is -1.29. The Morgan fingerprint density at radius 3 is 2.33 bits per heavy atom. The van der Waals surface area contributed by atoms with E-state index in [1.54, 1.807) is 60.4 Å². The molecular weight excluding hydrogens is 555 g/mol. The third kappa shape index (κ3) is 6.45. The van der Waals surface area contributed by atoms with Crippen LogP contribution in [-0.2, 0) is 14.4 Å². The maximum Gasteiger partial charge on any atom is 0.325 e. The molecule has 5 amide bonds. The number of methoxy groups -OCH3 is 1. The summed E-state index contributed by atoms with van der Waals surface area (Å²) >= 11 is 0. The van der Waals surface area contributed by atoms with Gasteiger partial charge in [-0.2, -0.15) is 0 Å². The van der Waals surface area contributed by atoms with Gasteiger partial charge in [-0.05, 0) is 48.2 Å². The van der Waals surface area contributed by atoms with Gasteiger partial charge in [-0.25, -0.2) is 14.1 Å². The molecule has 2 saturated heterocycles. The molecule has 2 aliphatic heterocycles. The number of nitrogens with one attached hydrogen (secondary N) is 2. The average Bonchev–Trinajstić information content (AvgIpc) is 3.67. The van der Waals surface area contributed by atoms with Crippen molar-refractivity contribution in [1.82, 2.24) is 15.1 Å². The van der Waals surface area contributed by atoms with Crippen LogP contribution in [-0.4, -0.2) is 66.4 Å². The van der Waals surface area contributed by atoms with E-state index in [2.05, 4.69) is 10.6 Å². The summed E-state index contributed by atoms with van der Waals surface area (Å²) in [6.45, 7) is 3.11. The smallest absolute Gasteiger partial charge is 0.325 e. The minimum Gasteiger partial charge on any atom is -0.497 e. The van der Waals surface area contributed by atoms with Crippen molar-refractivity contribution in [3.63, 3.8) is 0 Å². The van der Waals surface area contributed by atoms with Gasteiger partial charge in [0.05, 0.1) is 12.8 Å². The van der Waals surface area contributed by atoms with Crippen LogP contribution in [0.4, 0.5) is 14.9 Å². The van der Waals surface area contributed by atoms with E-state index in [1.165, 1.54) is 19.2 Å². The van der Waals surface area contributed by atoms with Gasteiger partial charge in [0.15, 0.2) is 6.61 Å². The van der Waals surface area contributed by atoms with Gasteiger partial charge in [0, 0.05) is 25.1 Å². The Labute approximate surface area is 248 Å². The summed E-state index contributed by atoms with van der Waals surface area (Å²) in [5, 5.41) is 5.22. The largest absolute Gasteiger partial charge is 0.497 e. The maximum absolute atomic E-state index is 14.7. The summed E-state index contributed by atoms with van der Waals surface area (Å²) in [6, 6.07) is 16.4. The van der Waals surface area contributed by atoms with Gasteiger partial charge in [0.1, 0.15) is 29.4 Å². The molecule has 10 nitrogen and oxygen atoms in total. The molecule has 224 valence electrons. The molecule has 0 spiro atoms. The molecule has 3 aromatic rings. The van der Waals surface area contributed by atoms with Crippen LogP contribution in [0, 0.1) is 5.82 Å². The number of nitrogens with zero attached hydrogens (tertiary/aromatic N) is 2. The Morgan fingerprint density at radius 1 is 1.00 bits per heavy atom. The number of likely N-dealkylation sites (tertiary alicyclic amines) is 1. The van der Waals surface area contributed by atoms with Crippen LogP contribution in [0.3, 0.4) is 0 Å². The number of amides is 5. The van der Waals surface area contributed by atoms with E-state index in [9.17, 15) is 23.6 Å². The van der Waals surface area contributed by atoms with Gasteiger partial charge in [-0.15, -0.1) is 0 Å². The lowest BCUT2D eigenvalue weighted by molar-refractivity contribution is -0.134. The lowest BCUT2D eigenvalue weighted by atomic mass is 9.91. The zero-order chi connectivity index (χ0) is 30.5. The molecule has 0 aromatic heterocycles. The number of hydrogen-bond donors (Lipinski definition) is 2. The summed E-state index contributed by atoms with van der Waals surface area (Å²) in [6.07, 6.45) is 1.98. The summed E-state index contributed by atoms with van der Waals surface area (Å²) in [5.74, 6) is -2.06. The van der Waals surface area contributed by atoms with Crippen molar-refractivity contribution in [1.29, 1.82) is 0 Å². The van der Waals surface area contributed by atoms with E-state index >= 15 is 0 Å². The van der Waals surface area contributed by atoms with Crippen molar-refractivity contribution >= 4 is 29.4 Å². The predicted molar refractivity (Wildman–Crippen MR) is 156 cm³/mol. The van der Waals surface area contributed by atoms with Crippen molar-refractivity contribution in [2.24, 2.45) is 0 Å². The first-order valence-corrected chi connectivity index (χ1v) is 14.1. The topological polar surface area (TPSA) is 117 Å². The summed E-state index contributed by atoms with van der Waals surface area (Å²) in [5.41, 5.74) is 1.08. The number of halogens is 1. The number of carbonyl (C=O) groups is 4.